The van der Waals surface area contributed by atoms with Gasteiger partial charge in [-0.1, -0.05) is 38.2 Å². The van der Waals surface area contributed by atoms with Gasteiger partial charge in [0.15, 0.2) is 0 Å². The molecule has 1 aliphatic rings. The van der Waals surface area contributed by atoms with Crippen LogP contribution < -0.4 is 0 Å². The first-order valence-corrected chi connectivity index (χ1v) is 4.97. The van der Waals surface area contributed by atoms with E-state index in [4.69, 9.17) is 0 Å². The number of rotatable bonds is 1. The van der Waals surface area contributed by atoms with E-state index in [0.29, 0.717) is 0 Å². The Morgan fingerprint density at radius 1 is 1.15 bits per heavy atom. The lowest BCUT2D eigenvalue weighted by atomic mass is 9.78. The van der Waals surface area contributed by atoms with Gasteiger partial charge in [0.1, 0.15) is 0 Å². The first-order chi connectivity index (χ1) is 6.11. The summed E-state index contributed by atoms with van der Waals surface area (Å²) >= 11 is 0. The second kappa shape index (κ2) is 5.80. The number of allylic oxidation sites excluding steroid dienone is 2. The molecular formula is C13H22. The molecule has 0 bridgehead atoms. The molecule has 1 fully saturated rings. The highest BCUT2D eigenvalue weighted by atomic mass is 14.3. The van der Waals surface area contributed by atoms with Crippen LogP contribution >= 0.6 is 0 Å². The zero-order chi connectivity index (χ0) is 10.4. The lowest BCUT2D eigenvalue weighted by molar-refractivity contribution is 0.342. The van der Waals surface area contributed by atoms with Crippen molar-refractivity contribution in [2.45, 2.75) is 33.1 Å². The Morgan fingerprint density at radius 3 is 2.08 bits per heavy atom. The molecule has 0 aromatic rings. The maximum atomic E-state index is 4.03. The van der Waals surface area contributed by atoms with Gasteiger partial charge in [-0.25, -0.2) is 0 Å². The summed E-state index contributed by atoms with van der Waals surface area (Å²) in [5.74, 6) is 1.66. The molecule has 0 saturated heterocycles. The van der Waals surface area contributed by atoms with Crippen LogP contribution in [0.3, 0.4) is 0 Å². The molecule has 0 aliphatic heterocycles. The second-order valence-corrected chi connectivity index (χ2v) is 3.95. The van der Waals surface area contributed by atoms with Crippen molar-refractivity contribution in [3.63, 3.8) is 0 Å². The quantitative estimate of drug-likeness (QED) is 0.523. The third-order valence-electron chi connectivity index (χ3n) is 2.77. The molecule has 0 N–H and O–H groups in total. The lowest BCUT2D eigenvalue weighted by Gasteiger charge is -2.28. The third-order valence-corrected chi connectivity index (χ3v) is 2.77. The molecule has 0 aromatic heterocycles. The van der Waals surface area contributed by atoms with Gasteiger partial charge in [-0.3, -0.25) is 0 Å². The molecule has 0 aromatic carbocycles. The van der Waals surface area contributed by atoms with Crippen LogP contribution in [0.4, 0.5) is 0 Å². The average Bonchev–Trinajstić information content (AvgIpc) is 2.13. The number of hydrogen-bond acceptors (Lipinski definition) is 0. The smallest absolute Gasteiger partial charge is 0.0251 e. The van der Waals surface area contributed by atoms with E-state index in [1.54, 1.807) is 0 Å². The highest BCUT2D eigenvalue weighted by Crippen LogP contribution is 2.34. The zero-order valence-corrected chi connectivity index (χ0v) is 9.10. The molecule has 0 radical (unpaired) electrons. The molecule has 0 heterocycles. The van der Waals surface area contributed by atoms with Crippen LogP contribution in [-0.4, -0.2) is 0 Å². The van der Waals surface area contributed by atoms with Crippen LogP contribution in [0.15, 0.2) is 37.5 Å². The highest BCUT2D eigenvalue weighted by molar-refractivity contribution is 5.27. The fourth-order valence-electron chi connectivity index (χ4n) is 1.67. The largest absolute Gasteiger partial charge is 0.106 e. The van der Waals surface area contributed by atoms with Crippen molar-refractivity contribution in [1.29, 1.82) is 0 Å². The van der Waals surface area contributed by atoms with Gasteiger partial charge in [-0.2, -0.15) is 0 Å². The van der Waals surface area contributed by atoms with Gasteiger partial charge >= 0.3 is 0 Å². The molecule has 1 atom stereocenters. The summed E-state index contributed by atoms with van der Waals surface area (Å²) in [4.78, 5) is 0. The summed E-state index contributed by atoms with van der Waals surface area (Å²) in [5.41, 5.74) is 2.57. The third kappa shape index (κ3) is 3.63. The lowest BCUT2D eigenvalue weighted by Crippen LogP contribution is -2.14. The van der Waals surface area contributed by atoms with Crippen molar-refractivity contribution >= 4 is 0 Å². The average molecular weight is 178 g/mol. The normalized spacial score (nSPS) is 22.5. The van der Waals surface area contributed by atoms with Crippen molar-refractivity contribution < 1.29 is 0 Å². The SMILES string of the molecule is C=C.C=C1CCC(C(C)C)CC1=C. The molecule has 74 valence electrons. The zero-order valence-electron chi connectivity index (χ0n) is 9.10. The molecule has 1 rings (SSSR count). The number of hydrogen-bond donors (Lipinski definition) is 0. The van der Waals surface area contributed by atoms with E-state index in [1.807, 2.05) is 0 Å². The van der Waals surface area contributed by atoms with Crippen molar-refractivity contribution in [3.05, 3.63) is 37.5 Å². The molecule has 0 heteroatoms. The van der Waals surface area contributed by atoms with Crippen LogP contribution in [0.5, 0.6) is 0 Å². The van der Waals surface area contributed by atoms with Gasteiger partial charge in [0.2, 0.25) is 0 Å². The summed E-state index contributed by atoms with van der Waals surface area (Å²) in [6.07, 6.45) is 3.66. The predicted molar refractivity (Wildman–Crippen MR) is 61.7 cm³/mol. The van der Waals surface area contributed by atoms with Crippen molar-refractivity contribution in [2.75, 3.05) is 0 Å². The highest BCUT2D eigenvalue weighted by Gasteiger charge is 2.20. The summed E-state index contributed by atoms with van der Waals surface area (Å²) < 4.78 is 0. The molecule has 1 unspecified atom stereocenters. The predicted octanol–water partition coefficient (Wildman–Crippen LogP) is 4.36. The summed E-state index contributed by atoms with van der Waals surface area (Å²) in [7, 11) is 0. The second-order valence-electron chi connectivity index (χ2n) is 3.95. The van der Waals surface area contributed by atoms with Crippen LogP contribution in [0.2, 0.25) is 0 Å². The van der Waals surface area contributed by atoms with E-state index in [2.05, 4.69) is 40.2 Å². The van der Waals surface area contributed by atoms with E-state index in [-0.39, 0.29) is 0 Å². The van der Waals surface area contributed by atoms with Crippen molar-refractivity contribution in [1.82, 2.24) is 0 Å². The van der Waals surface area contributed by atoms with E-state index >= 15 is 0 Å². The topological polar surface area (TPSA) is 0 Å². The fourth-order valence-corrected chi connectivity index (χ4v) is 1.67. The Balaban J connectivity index is 0.000000671. The Morgan fingerprint density at radius 2 is 1.69 bits per heavy atom. The fraction of sp³-hybridized carbons (Fsp3) is 0.538. The minimum Gasteiger partial charge on any atom is -0.106 e. The summed E-state index contributed by atoms with van der Waals surface area (Å²) in [5, 5.41) is 0. The van der Waals surface area contributed by atoms with Gasteiger partial charge < -0.3 is 0 Å². The Kier molecular flexibility index (Phi) is 5.45. The first-order valence-electron chi connectivity index (χ1n) is 4.97. The standard InChI is InChI=1S/C11H18.C2H4/c1-8(2)11-6-5-9(3)10(4)7-11;1-2/h8,11H,3-7H2,1-2H3;1-2H2. The summed E-state index contributed by atoms with van der Waals surface area (Å²) in [6, 6.07) is 0. The van der Waals surface area contributed by atoms with E-state index in [1.165, 1.54) is 30.4 Å². The van der Waals surface area contributed by atoms with E-state index in [0.717, 1.165) is 11.8 Å². The Bertz CT molecular complexity index is 186. The first kappa shape index (κ1) is 12.2. The van der Waals surface area contributed by atoms with Crippen LogP contribution in [0, 0.1) is 11.8 Å². The monoisotopic (exact) mass is 178 g/mol. The Labute approximate surface area is 83.0 Å². The van der Waals surface area contributed by atoms with Crippen molar-refractivity contribution in [2.24, 2.45) is 11.8 Å². The molecular weight excluding hydrogens is 156 g/mol. The maximum Gasteiger partial charge on any atom is -0.0251 e. The van der Waals surface area contributed by atoms with Gasteiger partial charge in [-0.15, -0.1) is 13.2 Å². The maximum absolute atomic E-state index is 4.03. The molecule has 0 nitrogen and oxygen atoms in total. The van der Waals surface area contributed by atoms with Crippen LogP contribution in [0.25, 0.3) is 0 Å². The molecule has 1 aliphatic carbocycles. The van der Waals surface area contributed by atoms with E-state index in [9.17, 15) is 0 Å². The van der Waals surface area contributed by atoms with Gasteiger partial charge in [0.25, 0.3) is 0 Å². The van der Waals surface area contributed by atoms with E-state index < -0.39 is 0 Å². The minimum atomic E-state index is 0.805. The Hall–Kier alpha value is -0.780. The van der Waals surface area contributed by atoms with Gasteiger partial charge in [0.05, 0.1) is 0 Å². The van der Waals surface area contributed by atoms with Crippen LogP contribution in [-0.2, 0) is 0 Å². The molecule has 13 heavy (non-hydrogen) atoms. The minimum absolute atomic E-state index is 0.805. The van der Waals surface area contributed by atoms with Crippen molar-refractivity contribution in [3.8, 4) is 0 Å². The van der Waals surface area contributed by atoms with Gasteiger partial charge in [-0.05, 0) is 31.1 Å². The molecule has 0 spiro atoms. The molecule has 1 saturated carbocycles. The summed E-state index contributed by atoms with van der Waals surface area (Å²) in [6.45, 7) is 18.6. The van der Waals surface area contributed by atoms with Crippen LogP contribution in [0.1, 0.15) is 33.1 Å². The molecule has 0 amide bonds. The van der Waals surface area contributed by atoms with Gasteiger partial charge in [0, 0.05) is 0 Å².